The van der Waals surface area contributed by atoms with Crippen LogP contribution in [0.25, 0.3) is 0 Å². The maximum atomic E-state index is 11.3. The largest absolute Gasteiger partial charge is 0.440 e. The summed E-state index contributed by atoms with van der Waals surface area (Å²) in [6.45, 7) is -0.120. The molecule has 2 N–H and O–H groups in total. The summed E-state index contributed by atoms with van der Waals surface area (Å²) in [4.78, 5) is 23.4. The Bertz CT molecular complexity index is 403. The Morgan fingerprint density at radius 1 is 1.43 bits per heavy atom. The number of nitrogens with two attached hydrogens (primary N) is 1. The Balaban J connectivity index is 2.52. The van der Waals surface area contributed by atoms with Gasteiger partial charge in [-0.3, -0.25) is 4.90 Å². The molecule has 0 aliphatic carbocycles. The number of carbonyl (C=O) groups excluding carboxylic acids is 2. The highest BCUT2D eigenvalue weighted by Crippen LogP contribution is 2.24. The van der Waals surface area contributed by atoms with Crippen molar-refractivity contribution in [1.29, 1.82) is 0 Å². The van der Waals surface area contributed by atoms with Crippen molar-refractivity contribution in [3.05, 3.63) is 29.8 Å². The third-order valence-electron chi connectivity index (χ3n) is 2.01. The van der Waals surface area contributed by atoms with Gasteiger partial charge >= 0.3 is 12.0 Å². The zero-order valence-electron chi connectivity index (χ0n) is 7.27. The summed E-state index contributed by atoms with van der Waals surface area (Å²) in [7, 11) is 0. The van der Waals surface area contributed by atoms with Crippen LogP contribution in [0.5, 0.6) is 0 Å². The lowest BCUT2D eigenvalue weighted by atomic mass is 10.1. The first-order valence-corrected chi connectivity index (χ1v) is 4.03. The average molecular weight is 192 g/mol. The van der Waals surface area contributed by atoms with Crippen molar-refractivity contribution < 1.29 is 14.3 Å². The molecule has 0 saturated carbocycles. The van der Waals surface area contributed by atoms with Gasteiger partial charge in [0.2, 0.25) is 0 Å². The number of hydrogen-bond acceptors (Lipinski definition) is 3. The minimum Gasteiger partial charge on any atom is -0.440 e. The summed E-state index contributed by atoms with van der Waals surface area (Å²) in [5.41, 5.74) is 5.98. The second-order valence-corrected chi connectivity index (χ2v) is 2.84. The van der Waals surface area contributed by atoms with Crippen LogP contribution < -0.4 is 10.6 Å². The highest BCUT2D eigenvalue weighted by atomic mass is 16.5. The molecule has 5 heteroatoms. The first-order valence-electron chi connectivity index (χ1n) is 4.03. The van der Waals surface area contributed by atoms with Crippen molar-refractivity contribution in [3.63, 3.8) is 0 Å². The Hall–Kier alpha value is -2.04. The van der Waals surface area contributed by atoms with Gasteiger partial charge in [0.15, 0.2) is 6.73 Å². The van der Waals surface area contributed by atoms with E-state index in [-0.39, 0.29) is 6.73 Å². The number of fused-ring (bicyclic) bond motifs is 1. The van der Waals surface area contributed by atoms with E-state index in [1.54, 1.807) is 24.3 Å². The van der Waals surface area contributed by atoms with Crippen LogP contribution >= 0.6 is 0 Å². The molecule has 1 heterocycles. The first-order chi connectivity index (χ1) is 6.70. The maximum absolute atomic E-state index is 11.3. The van der Waals surface area contributed by atoms with E-state index in [0.29, 0.717) is 11.3 Å². The quantitative estimate of drug-likeness (QED) is 0.615. The number of nitrogens with zero attached hydrogens (tertiary/aromatic N) is 1. The standard InChI is InChI=1S/C9H8N2O3/c10-9(13)11-5-14-8(12)6-3-1-2-4-7(6)11/h1-4H,5H2,(H2,10,13). The molecular weight excluding hydrogens is 184 g/mol. The Morgan fingerprint density at radius 2 is 2.14 bits per heavy atom. The minimum absolute atomic E-state index is 0.120. The number of urea groups is 1. The van der Waals surface area contributed by atoms with Crippen molar-refractivity contribution >= 4 is 17.7 Å². The van der Waals surface area contributed by atoms with Crippen LogP contribution in [-0.4, -0.2) is 18.7 Å². The third kappa shape index (κ3) is 1.19. The van der Waals surface area contributed by atoms with E-state index in [4.69, 9.17) is 10.5 Å². The fraction of sp³-hybridized carbons (Fsp3) is 0.111. The van der Waals surface area contributed by atoms with Gasteiger partial charge in [0.05, 0.1) is 11.3 Å². The van der Waals surface area contributed by atoms with Gasteiger partial charge in [-0.2, -0.15) is 0 Å². The second-order valence-electron chi connectivity index (χ2n) is 2.84. The van der Waals surface area contributed by atoms with E-state index in [1.165, 1.54) is 4.90 Å². The van der Waals surface area contributed by atoms with Crippen LogP contribution in [0.3, 0.4) is 0 Å². The molecule has 0 fully saturated rings. The predicted octanol–water partition coefficient (Wildman–Crippen LogP) is 0.700. The van der Waals surface area contributed by atoms with E-state index in [1.807, 2.05) is 0 Å². The molecule has 2 rings (SSSR count). The van der Waals surface area contributed by atoms with Gasteiger partial charge in [-0.1, -0.05) is 12.1 Å². The summed E-state index contributed by atoms with van der Waals surface area (Å²) in [5, 5.41) is 0. The SMILES string of the molecule is NC(=O)N1COC(=O)c2ccccc21. The lowest BCUT2D eigenvalue weighted by Gasteiger charge is -2.26. The topological polar surface area (TPSA) is 72.6 Å². The Morgan fingerprint density at radius 3 is 2.86 bits per heavy atom. The average Bonchev–Trinajstić information content (AvgIpc) is 2.18. The van der Waals surface area contributed by atoms with Crippen LogP contribution in [-0.2, 0) is 4.74 Å². The number of carbonyl (C=O) groups is 2. The highest BCUT2D eigenvalue weighted by molar-refractivity contribution is 6.03. The number of esters is 1. The number of hydrogen-bond donors (Lipinski definition) is 1. The molecule has 0 radical (unpaired) electrons. The molecule has 0 spiro atoms. The van der Waals surface area contributed by atoms with Crippen molar-refractivity contribution in [2.24, 2.45) is 5.73 Å². The van der Waals surface area contributed by atoms with E-state index >= 15 is 0 Å². The van der Waals surface area contributed by atoms with Crippen molar-refractivity contribution in [1.82, 2.24) is 0 Å². The van der Waals surface area contributed by atoms with E-state index in [2.05, 4.69) is 0 Å². The molecule has 0 saturated heterocycles. The number of benzene rings is 1. The van der Waals surface area contributed by atoms with E-state index < -0.39 is 12.0 Å². The summed E-state index contributed by atoms with van der Waals surface area (Å²) < 4.78 is 4.76. The molecule has 5 nitrogen and oxygen atoms in total. The van der Waals surface area contributed by atoms with Gasteiger partial charge in [0, 0.05) is 0 Å². The van der Waals surface area contributed by atoms with Crippen molar-refractivity contribution in [2.75, 3.05) is 11.6 Å². The molecule has 0 unspecified atom stereocenters. The van der Waals surface area contributed by atoms with Crippen LogP contribution in [0, 0.1) is 0 Å². The molecule has 0 aromatic heterocycles. The highest BCUT2D eigenvalue weighted by Gasteiger charge is 2.26. The first kappa shape index (κ1) is 8.55. The number of anilines is 1. The number of amides is 2. The number of rotatable bonds is 0. The van der Waals surface area contributed by atoms with Crippen molar-refractivity contribution in [3.8, 4) is 0 Å². The zero-order chi connectivity index (χ0) is 10.1. The summed E-state index contributed by atoms with van der Waals surface area (Å²) in [6.07, 6.45) is 0. The smallest absolute Gasteiger partial charge is 0.342 e. The monoisotopic (exact) mass is 192 g/mol. The maximum Gasteiger partial charge on any atom is 0.342 e. The van der Waals surface area contributed by atoms with Crippen LogP contribution in [0.15, 0.2) is 24.3 Å². The van der Waals surface area contributed by atoms with Crippen LogP contribution in [0.4, 0.5) is 10.5 Å². The van der Waals surface area contributed by atoms with Gasteiger partial charge < -0.3 is 10.5 Å². The van der Waals surface area contributed by atoms with Gasteiger partial charge in [-0.05, 0) is 12.1 Å². The molecule has 72 valence electrons. The molecule has 2 amide bonds. The summed E-state index contributed by atoms with van der Waals surface area (Å²) in [5.74, 6) is -0.432. The summed E-state index contributed by atoms with van der Waals surface area (Å²) >= 11 is 0. The molecule has 1 aromatic rings. The molecule has 0 atom stereocenters. The minimum atomic E-state index is -0.634. The fourth-order valence-corrected chi connectivity index (χ4v) is 1.33. The molecule has 1 aromatic carbocycles. The molecule has 1 aliphatic rings. The van der Waals surface area contributed by atoms with Gasteiger partial charge in [-0.25, -0.2) is 9.59 Å². The number of ether oxygens (including phenoxy) is 1. The number of para-hydroxylation sites is 1. The Labute approximate surface area is 80.1 Å². The molecule has 0 bridgehead atoms. The predicted molar refractivity (Wildman–Crippen MR) is 48.8 cm³/mol. The van der Waals surface area contributed by atoms with Gasteiger partial charge in [-0.15, -0.1) is 0 Å². The lowest BCUT2D eigenvalue weighted by molar-refractivity contribution is 0.0491. The second kappa shape index (κ2) is 3.02. The van der Waals surface area contributed by atoms with E-state index in [9.17, 15) is 9.59 Å². The van der Waals surface area contributed by atoms with Gasteiger partial charge in [0.25, 0.3) is 0 Å². The zero-order valence-corrected chi connectivity index (χ0v) is 7.27. The van der Waals surface area contributed by atoms with Crippen LogP contribution in [0.2, 0.25) is 0 Å². The number of cyclic esters (lactones) is 1. The number of primary amides is 1. The van der Waals surface area contributed by atoms with Crippen LogP contribution in [0.1, 0.15) is 10.4 Å². The third-order valence-corrected chi connectivity index (χ3v) is 2.01. The normalized spacial score (nSPS) is 14.6. The fourth-order valence-electron chi connectivity index (χ4n) is 1.33. The Kier molecular flexibility index (Phi) is 1.85. The summed E-state index contributed by atoms with van der Waals surface area (Å²) in [6, 6.07) is 6.04. The van der Waals surface area contributed by atoms with Gasteiger partial charge in [0.1, 0.15) is 0 Å². The molecule has 14 heavy (non-hydrogen) atoms. The van der Waals surface area contributed by atoms with E-state index in [0.717, 1.165) is 0 Å². The lowest BCUT2D eigenvalue weighted by Crippen LogP contribution is -2.42. The molecule has 1 aliphatic heterocycles. The van der Waals surface area contributed by atoms with Crippen molar-refractivity contribution in [2.45, 2.75) is 0 Å². The molecular formula is C9H8N2O3.